The number of rotatable bonds is 12. The normalized spacial score (nSPS) is 18.4. The van der Waals surface area contributed by atoms with Gasteiger partial charge in [-0.1, -0.05) is 39.0 Å². The lowest BCUT2D eigenvalue weighted by Gasteiger charge is -2.35. The first-order chi connectivity index (χ1) is 24.3. The summed E-state index contributed by atoms with van der Waals surface area (Å²) in [5.41, 5.74) is -0.171. The molecule has 2 unspecified atom stereocenters. The van der Waals surface area contributed by atoms with Crippen molar-refractivity contribution in [2.75, 3.05) is 45.9 Å². The first-order valence-corrected chi connectivity index (χ1v) is 17.6. The van der Waals surface area contributed by atoms with Crippen molar-refractivity contribution in [2.45, 2.75) is 77.4 Å². The predicted octanol–water partition coefficient (Wildman–Crippen LogP) is 1.38. The number of benzene rings is 1. The molecule has 3 fully saturated rings. The van der Waals surface area contributed by atoms with Crippen molar-refractivity contribution in [3.8, 4) is 11.6 Å². The molecule has 0 radical (unpaired) electrons. The van der Waals surface area contributed by atoms with E-state index in [0.717, 1.165) is 19.3 Å². The number of hydrogen-bond donors (Lipinski definition) is 4. The number of carbonyl (C=O) groups is 6. The van der Waals surface area contributed by atoms with Gasteiger partial charge in [-0.05, 0) is 50.7 Å². The smallest absolute Gasteiger partial charge is 0.407 e. The Bertz CT molecular complexity index is 1590. The number of nitrogens with zero attached hydrogens (tertiary/aromatic N) is 5. The van der Waals surface area contributed by atoms with Gasteiger partial charge >= 0.3 is 6.09 Å². The van der Waals surface area contributed by atoms with Gasteiger partial charge in [-0.3, -0.25) is 24.0 Å². The fourth-order valence-corrected chi connectivity index (χ4v) is 6.16. The summed E-state index contributed by atoms with van der Waals surface area (Å²) >= 11 is 0. The van der Waals surface area contributed by atoms with Crippen LogP contribution < -0.4 is 20.7 Å². The summed E-state index contributed by atoms with van der Waals surface area (Å²) in [5.74, 6) is -1.71. The third kappa shape index (κ3) is 9.35. The lowest BCUT2D eigenvalue weighted by molar-refractivity contribution is -0.140. The Kier molecular flexibility index (Phi) is 11.8. The highest BCUT2D eigenvalue weighted by Crippen LogP contribution is 2.24. The molecule has 3 heterocycles. The van der Waals surface area contributed by atoms with Crippen molar-refractivity contribution in [1.29, 1.82) is 0 Å². The second kappa shape index (κ2) is 16.2. The largest absolute Gasteiger partial charge is 0.467 e. The van der Waals surface area contributed by atoms with Gasteiger partial charge in [-0.15, -0.1) is 0 Å². The molecule has 2 saturated heterocycles. The number of para-hydroxylation sites is 1. The third-order valence-corrected chi connectivity index (χ3v) is 9.45. The van der Waals surface area contributed by atoms with Crippen LogP contribution in [0.5, 0.6) is 5.88 Å². The van der Waals surface area contributed by atoms with Crippen molar-refractivity contribution in [1.82, 2.24) is 40.4 Å². The molecule has 1 saturated carbocycles. The quantitative estimate of drug-likeness (QED) is 0.252. The molecule has 2 aliphatic heterocycles. The molecule has 51 heavy (non-hydrogen) atoms. The van der Waals surface area contributed by atoms with Crippen LogP contribution in [0.15, 0.2) is 36.4 Å². The Balaban J connectivity index is 1.30. The summed E-state index contributed by atoms with van der Waals surface area (Å²) in [6, 6.07) is 8.83. The van der Waals surface area contributed by atoms with Crippen molar-refractivity contribution < 1.29 is 38.6 Å². The Hall–Kier alpha value is -5.15. The molecule has 3 aliphatic rings. The topological polar surface area (TPSA) is 196 Å². The Morgan fingerprint density at radius 1 is 0.941 bits per heavy atom. The van der Waals surface area contributed by atoms with Gasteiger partial charge in [0.05, 0.1) is 5.69 Å². The maximum absolute atomic E-state index is 13.7. The summed E-state index contributed by atoms with van der Waals surface area (Å²) in [7, 11) is 0. The zero-order chi connectivity index (χ0) is 36.7. The number of carbonyl (C=O) groups excluding carboxylic acids is 5. The van der Waals surface area contributed by atoms with Crippen molar-refractivity contribution in [2.24, 2.45) is 5.41 Å². The molecule has 0 bridgehead atoms. The van der Waals surface area contributed by atoms with Crippen LogP contribution in [-0.2, 0) is 19.2 Å². The molecule has 16 heteroatoms. The molecule has 276 valence electrons. The molecule has 2 aromatic rings. The molecule has 4 N–H and O–H groups in total. The van der Waals surface area contributed by atoms with Crippen LogP contribution in [0.3, 0.4) is 0 Å². The highest BCUT2D eigenvalue weighted by atomic mass is 16.5. The summed E-state index contributed by atoms with van der Waals surface area (Å²) in [6.07, 6.45) is 3.26. The summed E-state index contributed by atoms with van der Waals surface area (Å²) in [6.45, 7) is 6.02. The zero-order valence-corrected chi connectivity index (χ0v) is 29.4. The van der Waals surface area contributed by atoms with E-state index in [2.05, 4.69) is 21.0 Å². The molecule has 1 aliphatic carbocycles. The van der Waals surface area contributed by atoms with E-state index in [1.807, 2.05) is 6.07 Å². The van der Waals surface area contributed by atoms with E-state index in [1.165, 1.54) is 25.4 Å². The number of hydrogen-bond acceptors (Lipinski definition) is 8. The number of likely N-dealkylation sites (tertiary alicyclic amines) is 1. The van der Waals surface area contributed by atoms with E-state index in [-0.39, 0.29) is 81.1 Å². The zero-order valence-electron chi connectivity index (χ0n) is 29.4. The summed E-state index contributed by atoms with van der Waals surface area (Å²) < 4.78 is 7.35. The van der Waals surface area contributed by atoms with Crippen LogP contribution in [0.1, 0.15) is 69.8 Å². The van der Waals surface area contributed by atoms with E-state index in [1.54, 1.807) is 45.0 Å². The Labute approximate surface area is 296 Å². The van der Waals surface area contributed by atoms with Gasteiger partial charge in [0.15, 0.2) is 12.3 Å². The average Bonchev–Trinajstić information content (AvgIpc) is 3.76. The molecule has 16 nitrogen and oxygen atoms in total. The third-order valence-electron chi connectivity index (χ3n) is 9.45. The SMILES string of the molecule is CC(C)(C)C(=O)NCCC(NC(=O)c1cc(OCC(=O)N2CCCC2C(=O)NC2CCC2)n(-c2ccccc2)n1)C(=O)N1CCN(C(=O)O)CC1. The molecule has 0 spiro atoms. The fourth-order valence-electron chi connectivity index (χ4n) is 6.16. The first-order valence-electron chi connectivity index (χ1n) is 17.6. The minimum Gasteiger partial charge on any atom is -0.467 e. The molecule has 1 aromatic carbocycles. The van der Waals surface area contributed by atoms with E-state index in [4.69, 9.17) is 4.74 Å². The summed E-state index contributed by atoms with van der Waals surface area (Å²) in [4.78, 5) is 81.8. The van der Waals surface area contributed by atoms with E-state index in [9.17, 15) is 33.9 Å². The number of piperazine rings is 1. The molecule has 1 aromatic heterocycles. The minimum atomic E-state index is -1.07. The highest BCUT2D eigenvalue weighted by Gasteiger charge is 2.36. The van der Waals surface area contributed by atoms with E-state index in [0.29, 0.717) is 25.1 Å². The number of nitrogens with one attached hydrogen (secondary N) is 3. The first kappa shape index (κ1) is 37.1. The van der Waals surface area contributed by atoms with Gasteiger partial charge in [-0.25, -0.2) is 9.48 Å². The van der Waals surface area contributed by atoms with Crippen LogP contribution in [0, 0.1) is 5.41 Å². The molecule has 6 amide bonds. The van der Waals surface area contributed by atoms with Crippen molar-refractivity contribution in [3.05, 3.63) is 42.1 Å². The fraction of sp³-hybridized carbons (Fsp3) is 0.571. The molecular formula is C35H48N8O8. The van der Waals surface area contributed by atoms with Crippen LogP contribution in [-0.4, -0.2) is 129 Å². The Morgan fingerprint density at radius 2 is 1.63 bits per heavy atom. The monoisotopic (exact) mass is 708 g/mol. The van der Waals surface area contributed by atoms with Gasteiger partial charge in [0.2, 0.25) is 23.6 Å². The van der Waals surface area contributed by atoms with E-state index < -0.39 is 35.4 Å². The lowest BCUT2D eigenvalue weighted by atomic mass is 9.93. The average molecular weight is 709 g/mol. The van der Waals surface area contributed by atoms with Crippen LogP contribution in [0.2, 0.25) is 0 Å². The van der Waals surface area contributed by atoms with Crippen LogP contribution in [0.25, 0.3) is 5.69 Å². The molecular weight excluding hydrogens is 660 g/mol. The lowest BCUT2D eigenvalue weighted by Crippen LogP contribution is -2.56. The van der Waals surface area contributed by atoms with Gasteiger partial charge in [0.1, 0.15) is 12.1 Å². The minimum absolute atomic E-state index is 0.0764. The second-order valence-corrected chi connectivity index (χ2v) is 14.2. The number of ether oxygens (including phenoxy) is 1. The van der Waals surface area contributed by atoms with E-state index >= 15 is 0 Å². The highest BCUT2D eigenvalue weighted by molar-refractivity contribution is 5.96. The number of carboxylic acid groups (broad SMARTS) is 1. The number of amides is 6. The van der Waals surface area contributed by atoms with Crippen LogP contribution >= 0.6 is 0 Å². The van der Waals surface area contributed by atoms with Crippen molar-refractivity contribution in [3.63, 3.8) is 0 Å². The predicted molar refractivity (Wildman–Crippen MR) is 184 cm³/mol. The van der Waals surface area contributed by atoms with Crippen LogP contribution in [0.4, 0.5) is 4.79 Å². The van der Waals surface area contributed by atoms with Crippen molar-refractivity contribution >= 4 is 35.6 Å². The van der Waals surface area contributed by atoms with Gasteiger partial charge in [0.25, 0.3) is 11.8 Å². The molecule has 5 rings (SSSR count). The Morgan fingerprint density at radius 3 is 2.25 bits per heavy atom. The summed E-state index contributed by atoms with van der Waals surface area (Å²) in [5, 5.41) is 22.4. The van der Waals surface area contributed by atoms with Gasteiger partial charge in [0, 0.05) is 56.8 Å². The van der Waals surface area contributed by atoms with Gasteiger partial charge < -0.3 is 40.5 Å². The van der Waals surface area contributed by atoms with Gasteiger partial charge in [-0.2, -0.15) is 5.10 Å². The maximum Gasteiger partial charge on any atom is 0.407 e. The second-order valence-electron chi connectivity index (χ2n) is 14.2. The standard InChI is InChI=1S/C35H48N8O8/c1-35(2,3)33(48)36-15-14-25(32(47)40-17-19-41(20-18-40)34(49)50)38-30(45)26-21-29(43(39-26)24-11-5-4-6-12-24)51-22-28(44)42-16-8-13-27(42)31(46)37-23-9-7-10-23/h4-6,11-12,21,23,25,27H,7-10,13-20,22H2,1-3H3,(H,36,48)(H,37,46)(H,38,45)(H,49,50). The maximum atomic E-state index is 13.7. The number of aromatic nitrogens is 2. The molecule has 2 atom stereocenters.